The summed E-state index contributed by atoms with van der Waals surface area (Å²) in [4.78, 5) is 4.65. The van der Waals surface area contributed by atoms with E-state index in [0.717, 1.165) is 22.4 Å². The lowest BCUT2D eigenvalue weighted by Crippen LogP contribution is -2.30. The second-order valence-corrected chi connectivity index (χ2v) is 7.61. The van der Waals surface area contributed by atoms with Crippen molar-refractivity contribution in [3.8, 4) is 0 Å². The fourth-order valence-corrected chi connectivity index (χ4v) is 4.24. The van der Waals surface area contributed by atoms with Crippen LogP contribution < -0.4 is 0 Å². The fourth-order valence-electron chi connectivity index (χ4n) is 2.67. The maximum absolute atomic E-state index is 12.8. The third-order valence-electron chi connectivity index (χ3n) is 3.68. The summed E-state index contributed by atoms with van der Waals surface area (Å²) in [6, 6.07) is 9.48. The largest absolute Gasteiger partial charge is 0.261 e. The Bertz CT molecular complexity index is 732. The van der Waals surface area contributed by atoms with Crippen LogP contribution in [0.2, 0.25) is 0 Å². The number of hydrogen-bond acceptors (Lipinski definition) is 3. The molecule has 0 radical (unpaired) electrons. The molecule has 1 heterocycles. The number of benzene rings is 1. The van der Waals surface area contributed by atoms with Gasteiger partial charge < -0.3 is 0 Å². The molecular formula is C17H22N2O2S. The molecule has 0 unspecified atom stereocenters. The van der Waals surface area contributed by atoms with Gasteiger partial charge in [-0.05, 0) is 44.0 Å². The Morgan fingerprint density at radius 2 is 1.73 bits per heavy atom. The van der Waals surface area contributed by atoms with Gasteiger partial charge in [0.25, 0.3) is 0 Å². The van der Waals surface area contributed by atoms with Crippen molar-refractivity contribution in [2.75, 3.05) is 13.6 Å². The maximum atomic E-state index is 12.8. The van der Waals surface area contributed by atoms with Crippen LogP contribution in [0.1, 0.15) is 22.4 Å². The predicted octanol–water partition coefficient (Wildman–Crippen LogP) is 2.87. The van der Waals surface area contributed by atoms with Gasteiger partial charge in [0.15, 0.2) is 0 Å². The van der Waals surface area contributed by atoms with E-state index in [2.05, 4.69) is 4.98 Å². The summed E-state index contributed by atoms with van der Waals surface area (Å²) in [6.45, 7) is 6.08. The number of likely N-dealkylation sites (N-methyl/N-ethyl adjacent to an activating group) is 1. The highest BCUT2D eigenvalue weighted by atomic mass is 32.2. The summed E-state index contributed by atoms with van der Waals surface area (Å²) in [7, 11) is -1.86. The Hall–Kier alpha value is -1.72. The molecule has 0 aliphatic heterocycles. The summed E-state index contributed by atoms with van der Waals surface area (Å²) in [5, 5.41) is 0. The standard InChI is InChI=1S/C17H22N2O2S/c1-13-11-14(2)17(15(3)12-13)22(20,21)19(4)10-8-16-7-5-6-9-18-16/h5-7,9,11-12H,8,10H2,1-4H3. The molecule has 0 aliphatic carbocycles. The molecule has 0 saturated heterocycles. The van der Waals surface area contributed by atoms with Crippen molar-refractivity contribution >= 4 is 10.0 Å². The number of rotatable bonds is 5. The quantitative estimate of drug-likeness (QED) is 0.852. The third-order valence-corrected chi connectivity index (χ3v) is 5.84. The van der Waals surface area contributed by atoms with E-state index < -0.39 is 10.0 Å². The van der Waals surface area contributed by atoms with Crippen molar-refractivity contribution in [1.82, 2.24) is 9.29 Å². The number of sulfonamides is 1. The van der Waals surface area contributed by atoms with Gasteiger partial charge in [-0.25, -0.2) is 12.7 Å². The molecule has 0 saturated carbocycles. The zero-order chi connectivity index (χ0) is 16.3. The van der Waals surface area contributed by atoms with Crippen LogP contribution in [0.4, 0.5) is 0 Å². The highest BCUT2D eigenvalue weighted by molar-refractivity contribution is 7.89. The minimum Gasteiger partial charge on any atom is -0.261 e. The number of hydrogen-bond donors (Lipinski definition) is 0. The molecule has 5 heteroatoms. The average Bonchev–Trinajstić information content (AvgIpc) is 2.44. The van der Waals surface area contributed by atoms with Gasteiger partial charge in [0.2, 0.25) is 10.0 Å². The molecule has 22 heavy (non-hydrogen) atoms. The number of aromatic nitrogens is 1. The van der Waals surface area contributed by atoms with Gasteiger partial charge in [-0.2, -0.15) is 0 Å². The monoisotopic (exact) mass is 318 g/mol. The first-order valence-corrected chi connectivity index (χ1v) is 8.70. The Morgan fingerprint density at radius 1 is 1.09 bits per heavy atom. The normalized spacial score (nSPS) is 11.9. The number of pyridine rings is 1. The first-order valence-electron chi connectivity index (χ1n) is 7.26. The molecule has 2 aromatic rings. The van der Waals surface area contributed by atoms with E-state index in [1.807, 2.05) is 51.1 Å². The van der Waals surface area contributed by atoms with Crippen molar-refractivity contribution in [2.24, 2.45) is 0 Å². The van der Waals surface area contributed by atoms with E-state index in [9.17, 15) is 8.42 Å². The Kier molecular flexibility index (Phi) is 4.98. The van der Waals surface area contributed by atoms with Gasteiger partial charge in [0, 0.05) is 31.9 Å². The topological polar surface area (TPSA) is 50.3 Å². The molecule has 0 aliphatic rings. The van der Waals surface area contributed by atoms with E-state index in [-0.39, 0.29) is 0 Å². The van der Waals surface area contributed by atoms with Gasteiger partial charge in [-0.3, -0.25) is 4.98 Å². The molecule has 1 aromatic carbocycles. The Morgan fingerprint density at radius 3 is 2.27 bits per heavy atom. The van der Waals surface area contributed by atoms with E-state index >= 15 is 0 Å². The first-order chi connectivity index (χ1) is 10.3. The van der Waals surface area contributed by atoms with E-state index in [4.69, 9.17) is 0 Å². The zero-order valence-electron chi connectivity index (χ0n) is 13.5. The van der Waals surface area contributed by atoms with E-state index in [1.54, 1.807) is 13.2 Å². The molecule has 0 amide bonds. The SMILES string of the molecule is Cc1cc(C)c(S(=O)(=O)N(C)CCc2ccccn2)c(C)c1. The molecule has 118 valence electrons. The summed E-state index contributed by atoms with van der Waals surface area (Å²) in [6.07, 6.45) is 2.32. The first kappa shape index (κ1) is 16.6. The molecule has 1 aromatic heterocycles. The molecule has 0 fully saturated rings. The molecule has 4 nitrogen and oxygen atoms in total. The summed E-state index contributed by atoms with van der Waals surface area (Å²) in [5.41, 5.74) is 3.55. The van der Waals surface area contributed by atoms with Crippen molar-refractivity contribution in [3.63, 3.8) is 0 Å². The van der Waals surface area contributed by atoms with Crippen LogP contribution in [0.25, 0.3) is 0 Å². The van der Waals surface area contributed by atoms with Crippen LogP contribution in [0.3, 0.4) is 0 Å². The van der Waals surface area contributed by atoms with Crippen LogP contribution in [-0.2, 0) is 16.4 Å². The lowest BCUT2D eigenvalue weighted by molar-refractivity contribution is 0.470. The lowest BCUT2D eigenvalue weighted by Gasteiger charge is -2.20. The van der Waals surface area contributed by atoms with Gasteiger partial charge in [0.05, 0.1) is 4.90 Å². The molecular weight excluding hydrogens is 296 g/mol. The van der Waals surface area contributed by atoms with Crippen LogP contribution in [0.15, 0.2) is 41.4 Å². The van der Waals surface area contributed by atoms with Gasteiger partial charge >= 0.3 is 0 Å². The molecule has 0 bridgehead atoms. The lowest BCUT2D eigenvalue weighted by atomic mass is 10.1. The van der Waals surface area contributed by atoms with Crippen molar-refractivity contribution in [2.45, 2.75) is 32.1 Å². The van der Waals surface area contributed by atoms with Crippen LogP contribution in [-0.4, -0.2) is 31.3 Å². The minimum absolute atomic E-state index is 0.409. The highest BCUT2D eigenvalue weighted by Gasteiger charge is 2.24. The Labute approximate surface area is 132 Å². The number of nitrogens with zero attached hydrogens (tertiary/aromatic N) is 2. The summed E-state index contributed by atoms with van der Waals surface area (Å²) < 4.78 is 27.0. The average molecular weight is 318 g/mol. The molecule has 0 spiro atoms. The van der Waals surface area contributed by atoms with Gasteiger partial charge in [-0.15, -0.1) is 0 Å². The summed E-state index contributed by atoms with van der Waals surface area (Å²) >= 11 is 0. The second kappa shape index (κ2) is 6.58. The molecule has 0 atom stereocenters. The second-order valence-electron chi connectivity index (χ2n) is 5.63. The highest BCUT2D eigenvalue weighted by Crippen LogP contribution is 2.24. The molecule has 2 rings (SSSR count). The molecule has 0 N–H and O–H groups in total. The van der Waals surface area contributed by atoms with Crippen LogP contribution >= 0.6 is 0 Å². The van der Waals surface area contributed by atoms with Gasteiger partial charge in [-0.1, -0.05) is 23.8 Å². The van der Waals surface area contributed by atoms with Crippen LogP contribution in [0, 0.1) is 20.8 Å². The third kappa shape index (κ3) is 3.54. The minimum atomic E-state index is -3.48. The van der Waals surface area contributed by atoms with Crippen molar-refractivity contribution in [1.29, 1.82) is 0 Å². The van der Waals surface area contributed by atoms with Crippen molar-refractivity contribution < 1.29 is 8.42 Å². The fraction of sp³-hybridized carbons (Fsp3) is 0.353. The van der Waals surface area contributed by atoms with E-state index in [1.165, 1.54) is 4.31 Å². The van der Waals surface area contributed by atoms with Crippen LogP contribution in [0.5, 0.6) is 0 Å². The summed E-state index contributed by atoms with van der Waals surface area (Å²) in [5.74, 6) is 0. The zero-order valence-corrected chi connectivity index (χ0v) is 14.3. The maximum Gasteiger partial charge on any atom is 0.243 e. The predicted molar refractivity (Wildman–Crippen MR) is 88.4 cm³/mol. The van der Waals surface area contributed by atoms with Crippen molar-refractivity contribution in [3.05, 3.63) is 58.9 Å². The number of aryl methyl sites for hydroxylation is 3. The van der Waals surface area contributed by atoms with Gasteiger partial charge in [0.1, 0.15) is 0 Å². The van der Waals surface area contributed by atoms with E-state index in [0.29, 0.717) is 17.9 Å². The Balaban J connectivity index is 2.23. The smallest absolute Gasteiger partial charge is 0.243 e.